The maximum atomic E-state index is 13.8. The zero-order valence-electron chi connectivity index (χ0n) is 20.5. The number of aliphatic hydroxyl groups is 3. The van der Waals surface area contributed by atoms with E-state index >= 15 is 0 Å². The molecule has 1 aromatic carbocycles. The number of nitrogens with zero attached hydrogens (tertiary/aromatic N) is 3. The van der Waals surface area contributed by atoms with Gasteiger partial charge >= 0.3 is 6.10 Å². The third kappa shape index (κ3) is 4.06. The molecular formula is C25H29N3O7S. The van der Waals surface area contributed by atoms with Gasteiger partial charge in [-0.05, 0) is 42.3 Å². The van der Waals surface area contributed by atoms with Crippen LogP contribution in [0.3, 0.4) is 0 Å². The molecule has 0 aliphatic carbocycles. The number of aromatic nitrogens is 2. The smallest absolute Gasteiger partial charge is 0.372 e. The van der Waals surface area contributed by atoms with E-state index in [2.05, 4.69) is 18.9 Å². The SMILES string of the molecule is COc1cc2c(cc1CC(C)C)-c1c(c(C(=O)N(C(O)(O)O)C3(C)COC3)nn1-c1ccsc1)CO2. The van der Waals surface area contributed by atoms with Crippen molar-refractivity contribution in [2.75, 3.05) is 20.3 Å². The third-order valence-electron chi connectivity index (χ3n) is 6.44. The molecule has 0 unspecified atom stereocenters. The average Bonchev–Trinajstić information content (AvgIpc) is 3.44. The highest BCUT2D eigenvalue weighted by atomic mass is 32.1. The summed E-state index contributed by atoms with van der Waals surface area (Å²) in [6.45, 7) is 5.94. The fourth-order valence-corrected chi connectivity index (χ4v) is 5.44. The first-order valence-electron chi connectivity index (χ1n) is 11.6. The molecule has 1 fully saturated rings. The van der Waals surface area contributed by atoms with Gasteiger partial charge in [0.25, 0.3) is 5.91 Å². The molecule has 11 heteroatoms. The Balaban J connectivity index is 1.71. The van der Waals surface area contributed by atoms with E-state index in [9.17, 15) is 20.1 Å². The minimum atomic E-state index is -3.40. The molecule has 0 bridgehead atoms. The second kappa shape index (κ2) is 8.86. The summed E-state index contributed by atoms with van der Waals surface area (Å²) < 4.78 is 18.5. The molecule has 1 amide bonds. The van der Waals surface area contributed by atoms with Crippen molar-refractivity contribution >= 4 is 17.2 Å². The zero-order chi connectivity index (χ0) is 25.8. The Kier molecular flexibility index (Phi) is 6.08. The molecule has 1 saturated heterocycles. The van der Waals surface area contributed by atoms with Crippen LogP contribution in [0.1, 0.15) is 42.4 Å². The number of benzene rings is 1. The lowest BCUT2D eigenvalue weighted by molar-refractivity contribution is -0.405. The molecule has 3 N–H and O–H groups in total. The highest BCUT2D eigenvalue weighted by Crippen LogP contribution is 2.44. The van der Waals surface area contributed by atoms with E-state index < -0.39 is 17.5 Å². The first kappa shape index (κ1) is 24.7. The van der Waals surface area contributed by atoms with E-state index in [0.717, 1.165) is 29.0 Å². The molecule has 0 saturated carbocycles. The number of hydrogen-bond acceptors (Lipinski definition) is 9. The number of carbonyl (C=O) groups excluding carboxylic acids is 1. The van der Waals surface area contributed by atoms with Crippen molar-refractivity contribution < 1.29 is 34.3 Å². The van der Waals surface area contributed by atoms with Crippen LogP contribution in [0.5, 0.6) is 11.5 Å². The van der Waals surface area contributed by atoms with Crippen LogP contribution in [-0.4, -0.2) is 67.9 Å². The van der Waals surface area contributed by atoms with E-state index in [0.29, 0.717) is 27.8 Å². The van der Waals surface area contributed by atoms with Gasteiger partial charge < -0.3 is 29.5 Å². The van der Waals surface area contributed by atoms with Crippen molar-refractivity contribution in [3.05, 3.63) is 45.8 Å². The van der Waals surface area contributed by atoms with Crippen LogP contribution in [0.15, 0.2) is 29.0 Å². The molecule has 0 spiro atoms. The molecule has 2 aliphatic heterocycles. The van der Waals surface area contributed by atoms with Crippen LogP contribution in [0, 0.1) is 5.92 Å². The standard InChI is InChI=1S/C25H29N3O7S/c1-14(2)7-15-8-17-20(9-19(15)33-4)35-10-18-21(26-27(22(17)18)16-5-6-36-11-16)23(29)28(25(30,31)32)24(3)12-34-13-24/h5-6,8-9,11,14,30-32H,7,10,12-13H2,1-4H3. The van der Waals surface area contributed by atoms with Crippen LogP contribution in [0.4, 0.5) is 0 Å². The number of thiophene rings is 1. The normalized spacial score (nSPS) is 16.1. The fraction of sp³-hybridized carbons (Fsp3) is 0.440. The number of fused-ring (bicyclic) bond motifs is 3. The molecule has 3 aromatic rings. The van der Waals surface area contributed by atoms with Crippen LogP contribution in [0.25, 0.3) is 16.9 Å². The molecule has 2 aromatic heterocycles. The van der Waals surface area contributed by atoms with Gasteiger partial charge in [0.1, 0.15) is 18.1 Å². The molecule has 192 valence electrons. The van der Waals surface area contributed by atoms with Gasteiger partial charge in [-0.2, -0.15) is 16.4 Å². The average molecular weight is 516 g/mol. The topological polar surface area (TPSA) is 127 Å². The van der Waals surface area contributed by atoms with Crippen LogP contribution >= 0.6 is 11.3 Å². The predicted molar refractivity (Wildman–Crippen MR) is 131 cm³/mol. The minimum absolute atomic E-state index is 0.0244. The van der Waals surface area contributed by atoms with Crippen LogP contribution in [-0.2, 0) is 17.8 Å². The summed E-state index contributed by atoms with van der Waals surface area (Å²) >= 11 is 1.49. The Morgan fingerprint density at radius 1 is 1.33 bits per heavy atom. The molecule has 5 rings (SSSR count). The van der Waals surface area contributed by atoms with Gasteiger partial charge in [-0.25, -0.2) is 4.68 Å². The second-order valence-electron chi connectivity index (χ2n) is 9.85. The van der Waals surface area contributed by atoms with Crippen LogP contribution in [0.2, 0.25) is 0 Å². The molecule has 4 heterocycles. The molecule has 10 nitrogen and oxygen atoms in total. The lowest BCUT2D eigenvalue weighted by atomic mass is 9.94. The van der Waals surface area contributed by atoms with Gasteiger partial charge in [0, 0.05) is 22.6 Å². The molecule has 0 atom stereocenters. The summed E-state index contributed by atoms with van der Waals surface area (Å²) in [6, 6.07) is 5.73. The van der Waals surface area contributed by atoms with E-state index in [1.54, 1.807) is 18.7 Å². The van der Waals surface area contributed by atoms with Gasteiger partial charge in [0.2, 0.25) is 0 Å². The lowest BCUT2D eigenvalue weighted by Gasteiger charge is -2.49. The van der Waals surface area contributed by atoms with Crippen molar-refractivity contribution in [2.24, 2.45) is 5.92 Å². The monoisotopic (exact) mass is 515 g/mol. The lowest BCUT2D eigenvalue weighted by Crippen LogP contribution is -2.69. The van der Waals surface area contributed by atoms with Crippen molar-refractivity contribution in [3.63, 3.8) is 0 Å². The molecule has 2 aliphatic rings. The summed E-state index contributed by atoms with van der Waals surface area (Å²) in [7, 11) is 1.62. The predicted octanol–water partition coefficient (Wildman–Crippen LogP) is 2.52. The van der Waals surface area contributed by atoms with Crippen LogP contribution < -0.4 is 9.47 Å². The number of hydrogen-bond donors (Lipinski definition) is 3. The summed E-state index contributed by atoms with van der Waals surface area (Å²) in [6.07, 6.45) is -2.63. The number of rotatable bonds is 7. The van der Waals surface area contributed by atoms with Crippen molar-refractivity contribution in [3.8, 4) is 28.4 Å². The van der Waals surface area contributed by atoms with E-state index in [1.807, 2.05) is 29.0 Å². The highest BCUT2D eigenvalue weighted by Gasteiger charge is 2.53. The Morgan fingerprint density at radius 3 is 2.64 bits per heavy atom. The number of ether oxygens (including phenoxy) is 3. The maximum absolute atomic E-state index is 13.8. The first-order valence-corrected chi connectivity index (χ1v) is 12.6. The molecule has 36 heavy (non-hydrogen) atoms. The van der Waals surface area contributed by atoms with Gasteiger partial charge in [-0.15, -0.1) is 0 Å². The van der Waals surface area contributed by atoms with Gasteiger partial charge in [0.15, 0.2) is 5.69 Å². The Bertz CT molecular complexity index is 1290. The Morgan fingerprint density at radius 2 is 2.08 bits per heavy atom. The fourth-order valence-electron chi connectivity index (χ4n) is 4.83. The maximum Gasteiger partial charge on any atom is 0.372 e. The van der Waals surface area contributed by atoms with E-state index in [4.69, 9.17) is 14.2 Å². The van der Waals surface area contributed by atoms with E-state index in [-0.39, 0.29) is 25.5 Å². The summed E-state index contributed by atoms with van der Waals surface area (Å²) in [5.41, 5.74) is 2.47. The number of carbonyl (C=O) groups is 1. The van der Waals surface area contributed by atoms with E-state index in [1.165, 1.54) is 11.3 Å². The van der Waals surface area contributed by atoms with Crippen molar-refractivity contribution in [1.82, 2.24) is 14.7 Å². The summed E-state index contributed by atoms with van der Waals surface area (Å²) in [5, 5.41) is 38.8. The zero-order valence-corrected chi connectivity index (χ0v) is 21.3. The van der Waals surface area contributed by atoms with Crippen molar-refractivity contribution in [1.29, 1.82) is 0 Å². The summed E-state index contributed by atoms with van der Waals surface area (Å²) in [4.78, 5) is 14.4. The van der Waals surface area contributed by atoms with Gasteiger partial charge in [-0.3, -0.25) is 9.69 Å². The van der Waals surface area contributed by atoms with Crippen molar-refractivity contribution in [2.45, 2.75) is 45.4 Å². The third-order valence-corrected chi connectivity index (χ3v) is 7.11. The minimum Gasteiger partial charge on any atom is -0.496 e. The summed E-state index contributed by atoms with van der Waals surface area (Å²) in [5.74, 6) is 0.852. The second-order valence-corrected chi connectivity index (χ2v) is 10.6. The van der Waals surface area contributed by atoms with Gasteiger partial charge in [0.05, 0.1) is 37.2 Å². The quantitative estimate of drug-likeness (QED) is 0.410. The Hall–Kier alpha value is -2.96. The first-order chi connectivity index (χ1) is 17.0. The molecule has 0 radical (unpaired) electrons. The molecular weight excluding hydrogens is 486 g/mol. The van der Waals surface area contributed by atoms with Gasteiger partial charge in [-0.1, -0.05) is 13.8 Å². The number of methoxy groups -OCH3 is 1. The largest absolute Gasteiger partial charge is 0.496 e. The highest BCUT2D eigenvalue weighted by molar-refractivity contribution is 7.08. The number of amides is 1. The Labute approximate surface area is 212 Å².